The SMILES string of the molecule is O=C(C=Cc1ccccc1)c1ccc(Cl)s1. The van der Waals surface area contributed by atoms with Crippen LogP contribution in [0.15, 0.2) is 48.5 Å². The van der Waals surface area contributed by atoms with E-state index >= 15 is 0 Å². The summed E-state index contributed by atoms with van der Waals surface area (Å²) in [5, 5.41) is 0. The van der Waals surface area contributed by atoms with Crippen molar-refractivity contribution in [1.82, 2.24) is 0 Å². The van der Waals surface area contributed by atoms with E-state index < -0.39 is 0 Å². The third-order valence-corrected chi connectivity index (χ3v) is 3.29. The van der Waals surface area contributed by atoms with E-state index in [2.05, 4.69) is 0 Å². The molecule has 80 valence electrons. The number of allylic oxidation sites excluding steroid dienone is 1. The molecule has 0 atom stereocenters. The first-order valence-electron chi connectivity index (χ1n) is 4.78. The van der Waals surface area contributed by atoms with Crippen molar-refractivity contribution in [3.63, 3.8) is 0 Å². The fourth-order valence-electron chi connectivity index (χ4n) is 1.26. The van der Waals surface area contributed by atoms with Gasteiger partial charge in [0.1, 0.15) is 0 Å². The van der Waals surface area contributed by atoms with E-state index in [1.54, 1.807) is 24.3 Å². The zero-order valence-corrected chi connectivity index (χ0v) is 9.96. The second kappa shape index (κ2) is 5.10. The number of rotatable bonds is 3. The zero-order chi connectivity index (χ0) is 11.4. The Balaban J connectivity index is 2.11. The van der Waals surface area contributed by atoms with Crippen molar-refractivity contribution in [1.29, 1.82) is 0 Å². The van der Waals surface area contributed by atoms with Crippen LogP contribution in [0.1, 0.15) is 15.2 Å². The van der Waals surface area contributed by atoms with Crippen LogP contribution in [-0.4, -0.2) is 5.78 Å². The van der Waals surface area contributed by atoms with Crippen LogP contribution in [-0.2, 0) is 0 Å². The van der Waals surface area contributed by atoms with Crippen LogP contribution < -0.4 is 0 Å². The maximum absolute atomic E-state index is 11.7. The van der Waals surface area contributed by atoms with Gasteiger partial charge in [-0.3, -0.25) is 4.79 Å². The predicted octanol–water partition coefficient (Wildman–Crippen LogP) is 4.30. The topological polar surface area (TPSA) is 17.1 Å². The van der Waals surface area contributed by atoms with Crippen molar-refractivity contribution >= 4 is 34.8 Å². The lowest BCUT2D eigenvalue weighted by Gasteiger charge is -1.91. The van der Waals surface area contributed by atoms with Gasteiger partial charge in [-0.15, -0.1) is 11.3 Å². The molecule has 0 aliphatic rings. The highest BCUT2D eigenvalue weighted by molar-refractivity contribution is 7.18. The summed E-state index contributed by atoms with van der Waals surface area (Å²) < 4.78 is 0.636. The molecule has 16 heavy (non-hydrogen) atoms. The van der Waals surface area contributed by atoms with Crippen LogP contribution in [0.25, 0.3) is 6.08 Å². The highest BCUT2D eigenvalue weighted by Crippen LogP contribution is 2.22. The summed E-state index contributed by atoms with van der Waals surface area (Å²) in [6.45, 7) is 0. The summed E-state index contributed by atoms with van der Waals surface area (Å²) in [6.07, 6.45) is 3.37. The predicted molar refractivity (Wildman–Crippen MR) is 69.1 cm³/mol. The van der Waals surface area contributed by atoms with E-state index in [0.29, 0.717) is 9.21 Å². The minimum Gasteiger partial charge on any atom is -0.288 e. The van der Waals surface area contributed by atoms with E-state index in [0.717, 1.165) is 5.56 Å². The average molecular weight is 249 g/mol. The highest BCUT2D eigenvalue weighted by atomic mass is 35.5. The van der Waals surface area contributed by atoms with Crippen molar-refractivity contribution in [3.8, 4) is 0 Å². The summed E-state index contributed by atoms with van der Waals surface area (Å²) in [4.78, 5) is 12.4. The van der Waals surface area contributed by atoms with E-state index in [1.807, 2.05) is 30.3 Å². The Labute approximate surface area is 103 Å². The molecule has 0 N–H and O–H groups in total. The van der Waals surface area contributed by atoms with Gasteiger partial charge in [0.15, 0.2) is 5.78 Å². The Hall–Kier alpha value is -1.38. The molecule has 0 fully saturated rings. The maximum Gasteiger partial charge on any atom is 0.195 e. The number of carbonyl (C=O) groups excluding carboxylic acids is 1. The van der Waals surface area contributed by atoms with Crippen LogP contribution in [0, 0.1) is 0 Å². The Morgan fingerprint density at radius 1 is 1.12 bits per heavy atom. The largest absolute Gasteiger partial charge is 0.288 e. The summed E-state index contributed by atoms with van der Waals surface area (Å²) in [6, 6.07) is 13.2. The third kappa shape index (κ3) is 2.81. The van der Waals surface area contributed by atoms with Crippen molar-refractivity contribution < 1.29 is 4.79 Å². The Morgan fingerprint density at radius 3 is 2.50 bits per heavy atom. The maximum atomic E-state index is 11.7. The standard InChI is InChI=1S/C13H9ClOS/c14-13-9-8-12(16-13)11(15)7-6-10-4-2-1-3-5-10/h1-9H. The van der Waals surface area contributed by atoms with Crippen LogP contribution in [0.2, 0.25) is 4.34 Å². The molecule has 0 aliphatic heterocycles. The first-order valence-corrected chi connectivity index (χ1v) is 5.98. The molecule has 1 heterocycles. The molecule has 1 nitrogen and oxygen atoms in total. The molecule has 0 radical (unpaired) electrons. The van der Waals surface area contributed by atoms with Crippen molar-refractivity contribution in [2.75, 3.05) is 0 Å². The molecule has 3 heteroatoms. The fraction of sp³-hybridized carbons (Fsp3) is 0. The van der Waals surface area contributed by atoms with E-state index in [1.165, 1.54) is 11.3 Å². The molecule has 0 saturated heterocycles. The van der Waals surface area contributed by atoms with Crippen LogP contribution in [0.5, 0.6) is 0 Å². The number of hydrogen-bond donors (Lipinski definition) is 0. The van der Waals surface area contributed by atoms with Crippen LogP contribution in [0.3, 0.4) is 0 Å². The molecule has 0 unspecified atom stereocenters. The first kappa shape index (κ1) is 11.1. The molecule has 2 rings (SSSR count). The first-order chi connectivity index (χ1) is 7.75. The van der Waals surface area contributed by atoms with Crippen LogP contribution in [0.4, 0.5) is 0 Å². The van der Waals surface area contributed by atoms with E-state index in [-0.39, 0.29) is 5.78 Å². The zero-order valence-electron chi connectivity index (χ0n) is 8.39. The molecule has 0 aliphatic carbocycles. The molecular formula is C13H9ClOS. The lowest BCUT2D eigenvalue weighted by atomic mass is 10.2. The Morgan fingerprint density at radius 2 is 1.88 bits per heavy atom. The molecule has 0 saturated carbocycles. The minimum absolute atomic E-state index is 0.0132. The van der Waals surface area contributed by atoms with Gasteiger partial charge in [0.2, 0.25) is 0 Å². The number of ketones is 1. The van der Waals surface area contributed by atoms with Gasteiger partial charge in [0, 0.05) is 0 Å². The summed E-state index contributed by atoms with van der Waals surface area (Å²) >= 11 is 7.06. The summed E-state index contributed by atoms with van der Waals surface area (Å²) in [7, 11) is 0. The van der Waals surface area contributed by atoms with Crippen LogP contribution >= 0.6 is 22.9 Å². The molecule has 0 amide bonds. The normalized spacial score (nSPS) is 10.8. The van der Waals surface area contributed by atoms with Gasteiger partial charge in [-0.2, -0.15) is 0 Å². The van der Waals surface area contributed by atoms with Gasteiger partial charge in [-0.05, 0) is 23.8 Å². The summed E-state index contributed by atoms with van der Waals surface area (Å²) in [5.41, 5.74) is 1.01. The molecule has 1 aromatic heterocycles. The monoisotopic (exact) mass is 248 g/mol. The van der Waals surface area contributed by atoms with Gasteiger partial charge in [0.05, 0.1) is 9.21 Å². The second-order valence-electron chi connectivity index (χ2n) is 3.21. The Kier molecular flexibility index (Phi) is 3.54. The summed E-state index contributed by atoms with van der Waals surface area (Å²) in [5.74, 6) is -0.0132. The molecule has 0 spiro atoms. The minimum atomic E-state index is -0.0132. The lowest BCUT2D eigenvalue weighted by molar-refractivity contribution is 0.105. The fourth-order valence-corrected chi connectivity index (χ4v) is 2.23. The Bertz CT molecular complexity index is 514. The third-order valence-electron chi connectivity index (χ3n) is 2.04. The number of thiophene rings is 1. The van der Waals surface area contributed by atoms with Crippen molar-refractivity contribution in [2.24, 2.45) is 0 Å². The number of hydrogen-bond acceptors (Lipinski definition) is 2. The molecular weight excluding hydrogens is 240 g/mol. The van der Waals surface area contributed by atoms with Gasteiger partial charge in [0.25, 0.3) is 0 Å². The van der Waals surface area contributed by atoms with E-state index in [4.69, 9.17) is 11.6 Å². The lowest BCUT2D eigenvalue weighted by Crippen LogP contribution is -1.88. The van der Waals surface area contributed by atoms with Gasteiger partial charge in [-0.1, -0.05) is 48.0 Å². The molecule has 1 aromatic carbocycles. The van der Waals surface area contributed by atoms with Crippen molar-refractivity contribution in [2.45, 2.75) is 0 Å². The average Bonchev–Trinajstić information content (AvgIpc) is 2.74. The number of benzene rings is 1. The van der Waals surface area contributed by atoms with Gasteiger partial charge < -0.3 is 0 Å². The molecule has 0 bridgehead atoms. The smallest absolute Gasteiger partial charge is 0.195 e. The highest BCUT2D eigenvalue weighted by Gasteiger charge is 2.04. The number of halogens is 1. The van der Waals surface area contributed by atoms with E-state index in [9.17, 15) is 4.79 Å². The van der Waals surface area contributed by atoms with Gasteiger partial charge in [-0.25, -0.2) is 0 Å². The quantitative estimate of drug-likeness (QED) is 0.585. The van der Waals surface area contributed by atoms with Crippen molar-refractivity contribution in [3.05, 3.63) is 63.3 Å². The molecule has 2 aromatic rings. The van der Waals surface area contributed by atoms with Gasteiger partial charge >= 0.3 is 0 Å². The second-order valence-corrected chi connectivity index (χ2v) is 4.93. The number of carbonyl (C=O) groups is 1.